The smallest absolute Gasteiger partial charge is 0.241 e. The maximum Gasteiger partial charge on any atom is 0.241 e. The van der Waals surface area contributed by atoms with E-state index in [1.54, 1.807) is 0 Å². The first-order chi connectivity index (χ1) is 18.0. The lowest BCUT2D eigenvalue weighted by Gasteiger charge is -2.30. The van der Waals surface area contributed by atoms with Crippen LogP contribution in [0.2, 0.25) is 0 Å². The van der Waals surface area contributed by atoms with Gasteiger partial charge in [0.25, 0.3) is 0 Å². The lowest BCUT2D eigenvalue weighted by molar-refractivity contribution is -0.121. The van der Waals surface area contributed by atoms with Gasteiger partial charge >= 0.3 is 0 Å². The van der Waals surface area contributed by atoms with Crippen molar-refractivity contribution in [2.75, 3.05) is 18.4 Å². The highest BCUT2D eigenvalue weighted by molar-refractivity contribution is 7.98. The molecule has 1 N–H and O–H groups in total. The third kappa shape index (κ3) is 6.67. The number of piperidine rings is 1. The van der Waals surface area contributed by atoms with E-state index in [9.17, 15) is 4.79 Å². The summed E-state index contributed by atoms with van der Waals surface area (Å²) in [6.45, 7) is 6.38. The Morgan fingerprint density at radius 3 is 2.51 bits per heavy atom. The Kier molecular flexibility index (Phi) is 8.02. The first-order valence-electron chi connectivity index (χ1n) is 12.7. The number of aryl methyl sites for hydroxylation is 2. The number of aromatic nitrogens is 2. The number of thioether (sulfide) groups is 1. The van der Waals surface area contributed by atoms with E-state index in [2.05, 4.69) is 70.6 Å². The average Bonchev–Trinajstić information content (AvgIpc) is 3.38. The van der Waals surface area contributed by atoms with Crippen LogP contribution in [0.4, 0.5) is 5.69 Å². The lowest BCUT2D eigenvalue weighted by atomic mass is 9.95. The number of carbonyl (C=O) groups is 1. The normalized spacial score (nSPS) is 14.5. The zero-order chi connectivity index (χ0) is 25.6. The number of nitrogens with zero attached hydrogens (tertiary/aromatic N) is 3. The summed E-state index contributed by atoms with van der Waals surface area (Å²) in [6.07, 6.45) is 1.63. The fourth-order valence-electron chi connectivity index (χ4n) is 4.56. The molecular weight excluding hydrogens is 480 g/mol. The highest BCUT2D eigenvalue weighted by atomic mass is 32.2. The molecule has 1 aromatic heterocycles. The Hall–Kier alpha value is -3.42. The van der Waals surface area contributed by atoms with Crippen molar-refractivity contribution in [1.29, 1.82) is 0 Å². The molecule has 7 heteroatoms. The summed E-state index contributed by atoms with van der Waals surface area (Å²) in [7, 11) is 0. The molecule has 190 valence electrons. The molecule has 0 saturated carbocycles. The van der Waals surface area contributed by atoms with Crippen molar-refractivity contribution < 1.29 is 9.32 Å². The Labute approximate surface area is 222 Å². The van der Waals surface area contributed by atoms with Crippen molar-refractivity contribution in [1.82, 2.24) is 15.0 Å². The molecule has 0 bridgehead atoms. The number of carbonyl (C=O) groups excluding carboxylic acids is 1. The third-order valence-corrected chi connectivity index (χ3v) is 7.88. The van der Waals surface area contributed by atoms with Crippen molar-refractivity contribution in [3.63, 3.8) is 0 Å². The second-order valence-corrected chi connectivity index (χ2v) is 10.7. The van der Waals surface area contributed by atoms with E-state index < -0.39 is 0 Å². The largest absolute Gasteiger partial charge is 0.338 e. The summed E-state index contributed by atoms with van der Waals surface area (Å²) in [4.78, 5) is 21.1. The minimum absolute atomic E-state index is 0.00904. The van der Waals surface area contributed by atoms with Crippen LogP contribution in [0.3, 0.4) is 0 Å². The second kappa shape index (κ2) is 11.8. The molecule has 0 spiro atoms. The number of nitrogens with one attached hydrogen (secondary N) is 1. The Balaban J connectivity index is 1.09. The van der Waals surface area contributed by atoms with Gasteiger partial charge in [-0.3, -0.25) is 9.69 Å². The number of hydrogen-bond acceptors (Lipinski definition) is 6. The van der Waals surface area contributed by atoms with E-state index in [0.29, 0.717) is 18.3 Å². The van der Waals surface area contributed by atoms with Crippen molar-refractivity contribution in [3.05, 3.63) is 95.4 Å². The van der Waals surface area contributed by atoms with Crippen molar-refractivity contribution in [2.24, 2.45) is 5.92 Å². The van der Waals surface area contributed by atoms with Gasteiger partial charge in [-0.1, -0.05) is 65.3 Å². The predicted molar refractivity (Wildman–Crippen MR) is 148 cm³/mol. The molecule has 0 atom stereocenters. The van der Waals surface area contributed by atoms with Crippen LogP contribution in [0, 0.1) is 19.8 Å². The Morgan fingerprint density at radius 1 is 1.03 bits per heavy atom. The first-order valence-corrected chi connectivity index (χ1v) is 13.7. The van der Waals surface area contributed by atoms with E-state index >= 15 is 0 Å². The molecule has 1 fully saturated rings. The number of benzene rings is 3. The summed E-state index contributed by atoms with van der Waals surface area (Å²) in [5.41, 5.74) is 5.40. The quantitative estimate of drug-likeness (QED) is 0.272. The number of amides is 1. The zero-order valence-electron chi connectivity index (χ0n) is 21.3. The molecule has 2 heterocycles. The van der Waals surface area contributed by atoms with Crippen LogP contribution in [0.1, 0.15) is 35.4 Å². The van der Waals surface area contributed by atoms with E-state index in [1.165, 1.54) is 16.0 Å². The van der Waals surface area contributed by atoms with Crippen LogP contribution in [-0.4, -0.2) is 34.0 Å². The molecule has 5 rings (SSSR count). The lowest BCUT2D eigenvalue weighted by Crippen LogP contribution is -2.37. The van der Waals surface area contributed by atoms with Crippen LogP contribution in [0.25, 0.3) is 11.4 Å². The van der Waals surface area contributed by atoms with Gasteiger partial charge in [0.1, 0.15) is 0 Å². The van der Waals surface area contributed by atoms with E-state index in [-0.39, 0.29) is 11.8 Å². The van der Waals surface area contributed by atoms with Gasteiger partial charge < -0.3 is 9.84 Å². The maximum atomic E-state index is 13.0. The fraction of sp³-hybridized carbons (Fsp3) is 0.300. The zero-order valence-corrected chi connectivity index (χ0v) is 22.1. The second-order valence-electron chi connectivity index (χ2n) is 9.67. The van der Waals surface area contributed by atoms with Gasteiger partial charge in [0.05, 0.1) is 6.54 Å². The molecule has 4 aromatic rings. The molecule has 1 saturated heterocycles. The van der Waals surface area contributed by atoms with Crippen molar-refractivity contribution >= 4 is 23.4 Å². The van der Waals surface area contributed by atoms with Crippen molar-refractivity contribution in [2.45, 2.75) is 43.9 Å². The maximum absolute atomic E-state index is 13.0. The van der Waals surface area contributed by atoms with E-state index in [4.69, 9.17) is 4.52 Å². The molecule has 3 aromatic carbocycles. The average molecular weight is 513 g/mol. The minimum atomic E-state index is 0.00904. The van der Waals surface area contributed by atoms with Gasteiger partial charge in [-0.05, 0) is 69.1 Å². The van der Waals surface area contributed by atoms with Gasteiger partial charge in [-0.2, -0.15) is 4.98 Å². The molecule has 6 nitrogen and oxygen atoms in total. The van der Waals surface area contributed by atoms with Gasteiger partial charge in [0, 0.05) is 27.8 Å². The summed E-state index contributed by atoms with van der Waals surface area (Å²) >= 11 is 1.82. The highest BCUT2D eigenvalue weighted by Gasteiger charge is 2.26. The highest BCUT2D eigenvalue weighted by Crippen LogP contribution is 2.26. The van der Waals surface area contributed by atoms with Crippen molar-refractivity contribution in [3.8, 4) is 11.4 Å². The summed E-state index contributed by atoms with van der Waals surface area (Å²) < 4.78 is 5.49. The third-order valence-electron chi connectivity index (χ3n) is 6.79. The number of hydrogen-bond donors (Lipinski definition) is 1. The summed E-state index contributed by atoms with van der Waals surface area (Å²) in [5.74, 6) is 2.25. The minimum Gasteiger partial charge on any atom is -0.338 e. The number of likely N-dealkylation sites (tertiary alicyclic amines) is 1. The topological polar surface area (TPSA) is 71.3 Å². The fourth-order valence-corrected chi connectivity index (χ4v) is 5.42. The number of rotatable bonds is 8. The monoisotopic (exact) mass is 512 g/mol. The standard InChI is InChI=1S/C30H32N4O2S/c1-21-8-11-24(12-9-21)29-32-28(36-33-29)19-34-16-14-25(15-17-34)30(35)31-27-13-10-23(18-22(27)2)20-37-26-6-4-3-5-7-26/h3-13,18,25H,14-17,19-20H2,1-2H3,(H,31,35). The summed E-state index contributed by atoms with van der Waals surface area (Å²) in [5, 5.41) is 7.30. The van der Waals surface area contributed by atoms with Crippen LogP contribution in [0.5, 0.6) is 0 Å². The molecule has 1 aliphatic rings. The van der Waals surface area contributed by atoms with Gasteiger partial charge in [-0.15, -0.1) is 11.8 Å². The van der Waals surface area contributed by atoms with Gasteiger partial charge in [0.2, 0.25) is 17.6 Å². The molecule has 0 radical (unpaired) electrons. The first kappa shape index (κ1) is 25.2. The van der Waals surface area contributed by atoms with Crippen LogP contribution in [-0.2, 0) is 17.1 Å². The molecule has 0 aliphatic carbocycles. The molecule has 1 amide bonds. The van der Waals surface area contributed by atoms with Crippen LogP contribution < -0.4 is 5.32 Å². The predicted octanol–water partition coefficient (Wildman–Crippen LogP) is 6.50. The van der Waals surface area contributed by atoms with Gasteiger partial charge in [-0.25, -0.2) is 0 Å². The van der Waals surface area contributed by atoms with Gasteiger partial charge in [0.15, 0.2) is 0 Å². The van der Waals surface area contributed by atoms with Crippen LogP contribution in [0.15, 0.2) is 82.2 Å². The number of anilines is 1. The molecule has 37 heavy (non-hydrogen) atoms. The van der Waals surface area contributed by atoms with E-state index in [1.807, 2.05) is 48.2 Å². The van der Waals surface area contributed by atoms with E-state index in [0.717, 1.165) is 48.5 Å². The molecule has 1 aliphatic heterocycles. The van der Waals surface area contributed by atoms with Crippen LogP contribution >= 0.6 is 11.8 Å². The Bertz CT molecular complexity index is 1330. The SMILES string of the molecule is Cc1ccc(-c2noc(CN3CCC(C(=O)Nc4ccc(CSc5ccccc5)cc4C)CC3)n2)cc1. The molecular formula is C30H32N4O2S. The molecule has 0 unspecified atom stereocenters. The Morgan fingerprint density at radius 2 is 1.78 bits per heavy atom. The summed E-state index contributed by atoms with van der Waals surface area (Å²) in [6, 6.07) is 24.8.